The van der Waals surface area contributed by atoms with Crippen LogP contribution in [0, 0.1) is 13.8 Å². The number of nitrogens with one attached hydrogen (secondary N) is 1. The van der Waals surface area contributed by atoms with E-state index < -0.39 is 10.0 Å². The summed E-state index contributed by atoms with van der Waals surface area (Å²) in [5.41, 5.74) is 1.54. The summed E-state index contributed by atoms with van der Waals surface area (Å²) in [5.74, 6) is -0.107. The molecule has 0 saturated heterocycles. The van der Waals surface area contributed by atoms with E-state index in [0.717, 1.165) is 5.56 Å². The number of aryl methyl sites for hydroxylation is 2. The van der Waals surface area contributed by atoms with Crippen molar-refractivity contribution in [3.63, 3.8) is 0 Å². The first-order valence-corrected chi connectivity index (χ1v) is 8.22. The number of hydrogen-bond donors (Lipinski definition) is 2. The molecule has 2 N–H and O–H groups in total. The molecule has 0 aromatic heterocycles. The number of benzene rings is 2. The second-order valence-corrected chi connectivity index (χ2v) is 7.16. The molecule has 7 heteroatoms. The number of rotatable bonds is 3. The van der Waals surface area contributed by atoms with Gasteiger partial charge in [0.25, 0.3) is 10.0 Å². The molecule has 2 aromatic carbocycles. The Hall–Kier alpha value is -1.43. The molecule has 2 rings (SSSR count). The molecule has 4 nitrogen and oxygen atoms in total. The highest BCUT2D eigenvalue weighted by molar-refractivity contribution is 7.92. The Morgan fingerprint density at radius 3 is 2.33 bits per heavy atom. The van der Waals surface area contributed by atoms with Crippen molar-refractivity contribution in [1.82, 2.24) is 0 Å². The Balaban J connectivity index is 2.44. The summed E-state index contributed by atoms with van der Waals surface area (Å²) in [6, 6.07) is 7.31. The molecule has 21 heavy (non-hydrogen) atoms. The van der Waals surface area contributed by atoms with Gasteiger partial charge in [-0.2, -0.15) is 0 Å². The first kappa shape index (κ1) is 15.9. The van der Waals surface area contributed by atoms with Crippen LogP contribution in [-0.2, 0) is 10.0 Å². The van der Waals surface area contributed by atoms with Gasteiger partial charge in [0.1, 0.15) is 5.75 Å². The van der Waals surface area contributed by atoms with Gasteiger partial charge in [-0.05, 0) is 49.2 Å². The molecule has 0 saturated carbocycles. The van der Waals surface area contributed by atoms with Crippen LogP contribution >= 0.6 is 23.2 Å². The number of anilines is 1. The average molecular weight is 346 g/mol. The Morgan fingerprint density at radius 1 is 1.05 bits per heavy atom. The standard InChI is InChI=1S/C14H13Cl2NO3S/c1-8-5-9(2)14(18)13(6-8)17-21(19,20)10-3-4-11(15)12(16)7-10/h3-7,17-18H,1-2H3. The van der Waals surface area contributed by atoms with Crippen molar-refractivity contribution in [2.45, 2.75) is 18.7 Å². The molecular formula is C14H13Cl2NO3S. The second kappa shape index (κ2) is 5.75. The minimum absolute atomic E-state index is 0.0320. The lowest BCUT2D eigenvalue weighted by Crippen LogP contribution is -2.13. The summed E-state index contributed by atoms with van der Waals surface area (Å²) in [4.78, 5) is -0.0320. The summed E-state index contributed by atoms with van der Waals surface area (Å²) in [5, 5.41) is 10.4. The van der Waals surface area contributed by atoms with Crippen LogP contribution in [0.1, 0.15) is 11.1 Å². The van der Waals surface area contributed by atoms with E-state index in [1.165, 1.54) is 18.2 Å². The minimum atomic E-state index is -3.86. The van der Waals surface area contributed by atoms with E-state index in [-0.39, 0.29) is 26.4 Å². The van der Waals surface area contributed by atoms with Gasteiger partial charge in [0.15, 0.2) is 0 Å². The van der Waals surface area contributed by atoms with Crippen LogP contribution in [0.5, 0.6) is 5.75 Å². The molecule has 0 spiro atoms. The first-order valence-electron chi connectivity index (χ1n) is 5.99. The number of phenols is 1. The zero-order chi connectivity index (χ0) is 15.8. The van der Waals surface area contributed by atoms with E-state index in [4.69, 9.17) is 23.2 Å². The van der Waals surface area contributed by atoms with Crippen LogP contribution in [0.4, 0.5) is 5.69 Å². The van der Waals surface area contributed by atoms with E-state index >= 15 is 0 Å². The van der Waals surface area contributed by atoms with Gasteiger partial charge in [-0.25, -0.2) is 8.42 Å². The Morgan fingerprint density at radius 2 is 1.71 bits per heavy atom. The molecule has 0 atom stereocenters. The van der Waals surface area contributed by atoms with Crippen LogP contribution in [0.3, 0.4) is 0 Å². The molecule has 0 amide bonds. The number of halogens is 2. The zero-order valence-corrected chi connectivity index (χ0v) is 13.6. The van der Waals surface area contributed by atoms with Gasteiger partial charge in [0, 0.05) is 0 Å². The quantitative estimate of drug-likeness (QED) is 0.822. The molecule has 2 aromatic rings. The highest BCUT2D eigenvalue weighted by atomic mass is 35.5. The highest BCUT2D eigenvalue weighted by Gasteiger charge is 2.18. The summed E-state index contributed by atoms with van der Waals surface area (Å²) in [6.07, 6.45) is 0. The van der Waals surface area contributed by atoms with Crippen LogP contribution in [0.15, 0.2) is 35.2 Å². The molecule has 0 unspecified atom stereocenters. The van der Waals surface area contributed by atoms with Gasteiger partial charge in [0.2, 0.25) is 0 Å². The molecule has 112 valence electrons. The number of aromatic hydroxyl groups is 1. The number of phenolic OH excluding ortho intramolecular Hbond substituents is 1. The lowest BCUT2D eigenvalue weighted by molar-refractivity contribution is 0.473. The Bertz CT molecular complexity index is 804. The molecular weight excluding hydrogens is 333 g/mol. The topological polar surface area (TPSA) is 66.4 Å². The second-order valence-electron chi connectivity index (χ2n) is 4.66. The largest absolute Gasteiger partial charge is 0.505 e. The van der Waals surface area contributed by atoms with Gasteiger partial charge in [0.05, 0.1) is 20.6 Å². The van der Waals surface area contributed by atoms with Crippen molar-refractivity contribution in [1.29, 1.82) is 0 Å². The summed E-state index contributed by atoms with van der Waals surface area (Å²) < 4.78 is 27.0. The van der Waals surface area contributed by atoms with Gasteiger partial charge in [-0.1, -0.05) is 29.3 Å². The van der Waals surface area contributed by atoms with E-state index in [9.17, 15) is 13.5 Å². The van der Waals surface area contributed by atoms with Crippen molar-refractivity contribution in [3.8, 4) is 5.75 Å². The fraction of sp³-hybridized carbons (Fsp3) is 0.143. The predicted molar refractivity (Wildman–Crippen MR) is 84.9 cm³/mol. The van der Waals surface area contributed by atoms with Crippen molar-refractivity contribution in [3.05, 3.63) is 51.5 Å². The molecule has 0 heterocycles. The highest BCUT2D eigenvalue weighted by Crippen LogP contribution is 2.31. The smallest absolute Gasteiger partial charge is 0.262 e. The summed E-state index contributed by atoms with van der Waals surface area (Å²) in [7, 11) is -3.86. The Kier molecular flexibility index (Phi) is 4.37. The third-order valence-electron chi connectivity index (χ3n) is 2.89. The monoisotopic (exact) mass is 345 g/mol. The third kappa shape index (κ3) is 3.43. The predicted octanol–water partition coefficient (Wildman–Crippen LogP) is 4.12. The number of hydrogen-bond acceptors (Lipinski definition) is 3. The summed E-state index contributed by atoms with van der Waals surface area (Å²) in [6.45, 7) is 3.50. The van der Waals surface area contributed by atoms with Crippen molar-refractivity contribution in [2.24, 2.45) is 0 Å². The first-order chi connectivity index (χ1) is 9.70. The fourth-order valence-corrected chi connectivity index (χ4v) is 3.33. The lowest BCUT2D eigenvalue weighted by Gasteiger charge is -2.12. The average Bonchev–Trinajstić information content (AvgIpc) is 2.38. The van der Waals surface area contributed by atoms with E-state index in [0.29, 0.717) is 5.56 Å². The van der Waals surface area contributed by atoms with Crippen molar-refractivity contribution >= 4 is 38.9 Å². The van der Waals surface area contributed by atoms with Crippen LogP contribution in [-0.4, -0.2) is 13.5 Å². The van der Waals surface area contributed by atoms with Gasteiger partial charge >= 0.3 is 0 Å². The maximum Gasteiger partial charge on any atom is 0.262 e. The van der Waals surface area contributed by atoms with Crippen molar-refractivity contribution < 1.29 is 13.5 Å². The van der Waals surface area contributed by atoms with E-state index in [1.54, 1.807) is 19.1 Å². The van der Waals surface area contributed by atoms with Crippen LogP contribution < -0.4 is 4.72 Å². The van der Waals surface area contributed by atoms with Gasteiger partial charge < -0.3 is 5.11 Å². The van der Waals surface area contributed by atoms with Crippen LogP contribution in [0.25, 0.3) is 0 Å². The van der Waals surface area contributed by atoms with Gasteiger partial charge in [-0.3, -0.25) is 4.72 Å². The molecule has 0 aliphatic heterocycles. The maximum atomic E-state index is 12.3. The van der Waals surface area contributed by atoms with E-state index in [1.807, 2.05) is 6.92 Å². The lowest BCUT2D eigenvalue weighted by atomic mass is 10.1. The van der Waals surface area contributed by atoms with E-state index in [2.05, 4.69) is 4.72 Å². The third-order valence-corrected chi connectivity index (χ3v) is 4.99. The van der Waals surface area contributed by atoms with Crippen molar-refractivity contribution in [2.75, 3.05) is 4.72 Å². The summed E-state index contributed by atoms with van der Waals surface area (Å²) >= 11 is 11.6. The fourth-order valence-electron chi connectivity index (χ4n) is 1.89. The molecule has 0 bridgehead atoms. The normalized spacial score (nSPS) is 11.4. The minimum Gasteiger partial charge on any atom is -0.505 e. The molecule has 0 fully saturated rings. The molecule has 0 aliphatic carbocycles. The zero-order valence-electron chi connectivity index (χ0n) is 11.3. The molecule has 0 radical (unpaired) electrons. The van der Waals surface area contributed by atoms with Gasteiger partial charge in [-0.15, -0.1) is 0 Å². The maximum absolute atomic E-state index is 12.3. The number of sulfonamides is 1. The Labute approximate surface area is 133 Å². The SMILES string of the molecule is Cc1cc(C)c(O)c(NS(=O)(=O)c2ccc(Cl)c(Cl)c2)c1. The van der Waals surface area contributed by atoms with Crippen LogP contribution in [0.2, 0.25) is 10.0 Å². The molecule has 0 aliphatic rings.